The molecule has 0 unspecified atom stereocenters. The van der Waals surface area contributed by atoms with Crippen LogP contribution in [0.1, 0.15) is 12.6 Å². The van der Waals surface area contributed by atoms with Gasteiger partial charge in [-0.3, -0.25) is 9.69 Å². The zero-order valence-corrected chi connectivity index (χ0v) is 14.9. The van der Waals surface area contributed by atoms with Gasteiger partial charge in [0.2, 0.25) is 17.8 Å². The molecule has 1 aromatic carbocycles. The molecule has 0 spiro atoms. The smallest absolute Gasteiger partial charge is 0.230 e. The van der Waals surface area contributed by atoms with Gasteiger partial charge >= 0.3 is 0 Å². The summed E-state index contributed by atoms with van der Waals surface area (Å²) in [6.45, 7) is 1.51. The van der Waals surface area contributed by atoms with E-state index in [1.54, 1.807) is 4.90 Å². The van der Waals surface area contributed by atoms with Gasteiger partial charge < -0.3 is 11.5 Å². The topological polar surface area (TPSA) is 124 Å². The Morgan fingerprint density at radius 2 is 1.80 bits per heavy atom. The van der Waals surface area contributed by atoms with Crippen molar-refractivity contribution in [3.05, 3.63) is 41.4 Å². The maximum absolute atomic E-state index is 12.0. The average Bonchev–Trinajstić information content (AvgIpc) is 3.01. The Morgan fingerprint density at radius 3 is 2.44 bits per heavy atom. The molecule has 0 saturated carbocycles. The van der Waals surface area contributed by atoms with Crippen LogP contribution in [0.2, 0.25) is 0 Å². The van der Waals surface area contributed by atoms with Crippen LogP contribution in [0.25, 0.3) is 0 Å². The number of carbonyl (C=O) groups excluding carboxylic acids is 1. The molecular formula is C15H15N7OS2. The van der Waals surface area contributed by atoms with Gasteiger partial charge in [0.1, 0.15) is 0 Å². The summed E-state index contributed by atoms with van der Waals surface area (Å²) in [6.07, 6.45) is 0. The van der Waals surface area contributed by atoms with E-state index in [0.29, 0.717) is 16.0 Å². The fourth-order valence-corrected chi connectivity index (χ4v) is 3.79. The van der Waals surface area contributed by atoms with E-state index in [1.165, 1.54) is 30.0 Å². The molecule has 0 fully saturated rings. The molecule has 0 atom stereocenters. The Balaban J connectivity index is 1.76. The number of nitrogen functional groups attached to an aromatic ring is 2. The Kier molecular flexibility index (Phi) is 5.10. The number of aromatic nitrogens is 4. The number of benzene rings is 1. The number of nitrogens with zero attached hydrogens (tertiary/aromatic N) is 5. The van der Waals surface area contributed by atoms with Crippen molar-refractivity contribution < 1.29 is 4.79 Å². The summed E-state index contributed by atoms with van der Waals surface area (Å²) >= 11 is 2.75. The number of amides is 1. The molecule has 0 aliphatic rings. The lowest BCUT2D eigenvalue weighted by Crippen LogP contribution is -2.22. The van der Waals surface area contributed by atoms with Crippen LogP contribution in [-0.2, 0) is 10.5 Å². The second-order valence-electron chi connectivity index (χ2n) is 4.93. The average molecular weight is 373 g/mol. The van der Waals surface area contributed by atoms with Gasteiger partial charge in [0.25, 0.3) is 0 Å². The molecule has 8 nitrogen and oxygen atoms in total. The molecule has 3 rings (SSSR count). The van der Waals surface area contributed by atoms with Crippen molar-refractivity contribution in [1.82, 2.24) is 19.9 Å². The Morgan fingerprint density at radius 1 is 1.12 bits per heavy atom. The normalized spacial score (nSPS) is 10.6. The van der Waals surface area contributed by atoms with Crippen molar-refractivity contribution in [2.75, 3.05) is 16.4 Å². The summed E-state index contributed by atoms with van der Waals surface area (Å²) in [7, 11) is 0. The van der Waals surface area contributed by atoms with E-state index in [-0.39, 0.29) is 17.8 Å². The molecule has 2 heterocycles. The first kappa shape index (κ1) is 17.1. The van der Waals surface area contributed by atoms with Crippen molar-refractivity contribution in [2.24, 2.45) is 0 Å². The molecule has 0 saturated heterocycles. The number of nitrogens with two attached hydrogens (primary N) is 2. The lowest BCUT2D eigenvalue weighted by atomic mass is 10.3. The molecule has 0 radical (unpaired) electrons. The van der Waals surface area contributed by atoms with Crippen molar-refractivity contribution >= 4 is 51.7 Å². The Bertz CT molecular complexity index is 864. The number of rotatable bonds is 5. The number of hydrogen-bond donors (Lipinski definition) is 2. The van der Waals surface area contributed by atoms with Crippen molar-refractivity contribution in [3.63, 3.8) is 0 Å². The molecular weight excluding hydrogens is 358 g/mol. The third-order valence-electron chi connectivity index (χ3n) is 3.06. The van der Waals surface area contributed by atoms with Crippen LogP contribution in [0.15, 0.2) is 40.9 Å². The highest BCUT2D eigenvalue weighted by Gasteiger charge is 2.17. The highest BCUT2D eigenvalue weighted by molar-refractivity contribution is 7.98. The minimum Gasteiger partial charge on any atom is -0.368 e. The van der Waals surface area contributed by atoms with E-state index in [2.05, 4.69) is 19.9 Å². The Hall–Kier alpha value is -2.72. The summed E-state index contributed by atoms with van der Waals surface area (Å²) < 4.78 is 0. The SMILES string of the molecule is CC(=O)N(c1ccccc1)c1nc(CSc2nc(N)nc(N)n2)cs1. The summed E-state index contributed by atoms with van der Waals surface area (Å²) in [4.78, 5) is 29.9. The zero-order valence-electron chi connectivity index (χ0n) is 13.3. The fourth-order valence-electron chi connectivity index (χ4n) is 2.06. The van der Waals surface area contributed by atoms with E-state index in [9.17, 15) is 4.79 Å². The van der Waals surface area contributed by atoms with Crippen LogP contribution in [-0.4, -0.2) is 25.8 Å². The summed E-state index contributed by atoms with van der Waals surface area (Å²) in [5.74, 6) is 0.597. The lowest BCUT2D eigenvalue weighted by Gasteiger charge is -2.17. The quantitative estimate of drug-likeness (QED) is 0.654. The van der Waals surface area contributed by atoms with Crippen molar-refractivity contribution in [1.29, 1.82) is 0 Å². The van der Waals surface area contributed by atoms with E-state index in [4.69, 9.17) is 11.5 Å². The molecule has 1 amide bonds. The summed E-state index contributed by atoms with van der Waals surface area (Å²) in [5, 5.41) is 2.95. The monoisotopic (exact) mass is 373 g/mol. The van der Waals surface area contributed by atoms with E-state index < -0.39 is 0 Å². The maximum atomic E-state index is 12.0. The van der Waals surface area contributed by atoms with Gasteiger partial charge in [0.05, 0.1) is 11.4 Å². The lowest BCUT2D eigenvalue weighted by molar-refractivity contribution is -0.115. The number of hydrogen-bond acceptors (Lipinski definition) is 9. The first-order valence-electron chi connectivity index (χ1n) is 7.23. The minimum atomic E-state index is -0.0993. The van der Waals surface area contributed by atoms with Crippen LogP contribution in [0.4, 0.5) is 22.7 Å². The van der Waals surface area contributed by atoms with Crippen molar-refractivity contribution in [3.8, 4) is 0 Å². The highest BCUT2D eigenvalue weighted by atomic mass is 32.2. The fraction of sp³-hybridized carbons (Fsp3) is 0.133. The number of thiazole rings is 1. The largest absolute Gasteiger partial charge is 0.368 e. The van der Waals surface area contributed by atoms with E-state index in [0.717, 1.165) is 11.4 Å². The van der Waals surface area contributed by atoms with Gasteiger partial charge in [0, 0.05) is 18.1 Å². The summed E-state index contributed by atoms with van der Waals surface area (Å²) in [5.41, 5.74) is 12.7. The molecule has 3 aromatic rings. The predicted octanol–water partition coefficient (Wildman–Crippen LogP) is 2.47. The standard InChI is InChI=1S/C15H15N7OS2/c1-9(23)22(11-5-3-2-4-6-11)15-18-10(8-25-15)7-24-14-20-12(16)19-13(17)21-14/h2-6,8H,7H2,1H3,(H4,16,17,19,20,21). The van der Waals surface area contributed by atoms with Gasteiger partial charge in [-0.1, -0.05) is 30.0 Å². The zero-order chi connectivity index (χ0) is 17.8. The molecule has 25 heavy (non-hydrogen) atoms. The van der Waals surface area contributed by atoms with E-state index in [1.807, 2.05) is 35.7 Å². The molecule has 0 bridgehead atoms. The number of anilines is 4. The van der Waals surface area contributed by atoms with Crippen LogP contribution < -0.4 is 16.4 Å². The van der Waals surface area contributed by atoms with Crippen LogP contribution in [0, 0.1) is 0 Å². The Labute approximate surface area is 152 Å². The molecule has 4 N–H and O–H groups in total. The molecule has 128 valence electrons. The molecule has 0 aliphatic carbocycles. The second kappa shape index (κ2) is 7.45. The molecule has 10 heteroatoms. The van der Waals surface area contributed by atoms with Gasteiger partial charge in [-0.25, -0.2) is 4.98 Å². The van der Waals surface area contributed by atoms with E-state index >= 15 is 0 Å². The first-order chi connectivity index (χ1) is 12.0. The number of thioether (sulfide) groups is 1. The summed E-state index contributed by atoms with van der Waals surface area (Å²) in [6, 6.07) is 9.40. The highest BCUT2D eigenvalue weighted by Crippen LogP contribution is 2.30. The predicted molar refractivity (Wildman–Crippen MR) is 99.6 cm³/mol. The van der Waals surface area contributed by atoms with Gasteiger partial charge in [-0.05, 0) is 12.1 Å². The van der Waals surface area contributed by atoms with Crippen molar-refractivity contribution in [2.45, 2.75) is 17.8 Å². The minimum absolute atomic E-state index is 0.0841. The second-order valence-corrected chi connectivity index (χ2v) is 6.71. The maximum Gasteiger partial charge on any atom is 0.230 e. The van der Waals surface area contributed by atoms with Gasteiger partial charge in [-0.15, -0.1) is 11.3 Å². The number of para-hydroxylation sites is 1. The molecule has 0 aliphatic heterocycles. The van der Waals surface area contributed by atoms with Gasteiger partial charge in [0.15, 0.2) is 10.3 Å². The van der Waals surface area contributed by atoms with Gasteiger partial charge in [-0.2, -0.15) is 15.0 Å². The van der Waals surface area contributed by atoms with Crippen LogP contribution in [0.5, 0.6) is 0 Å². The van der Waals surface area contributed by atoms with Crippen LogP contribution >= 0.6 is 23.1 Å². The first-order valence-corrected chi connectivity index (χ1v) is 9.09. The third kappa shape index (κ3) is 4.22. The third-order valence-corrected chi connectivity index (χ3v) is 4.81. The number of carbonyl (C=O) groups is 1. The van der Waals surface area contributed by atoms with Crippen LogP contribution in [0.3, 0.4) is 0 Å². The molecule has 2 aromatic heterocycles.